The monoisotopic (exact) mass is 323 g/mol. The molecule has 5 nitrogen and oxygen atoms in total. The Balaban J connectivity index is 2.06. The van der Waals surface area contributed by atoms with Gasteiger partial charge in [-0.1, -0.05) is 26.0 Å². The number of fused-ring (bicyclic) bond motifs is 1. The molecular formula is C19H21N3O2. The fourth-order valence-corrected chi connectivity index (χ4v) is 2.50. The summed E-state index contributed by atoms with van der Waals surface area (Å²) in [4.78, 5) is 9.34. The summed E-state index contributed by atoms with van der Waals surface area (Å²) in [5.74, 6) is 3.22. The molecule has 124 valence electrons. The number of rotatable bonds is 5. The topological polar surface area (TPSA) is 56.3 Å². The maximum absolute atomic E-state index is 5.37. The average Bonchev–Trinajstić information content (AvgIpc) is 2.61. The zero-order chi connectivity index (χ0) is 17.1. The van der Waals surface area contributed by atoms with Gasteiger partial charge in [-0.15, -0.1) is 0 Å². The van der Waals surface area contributed by atoms with E-state index in [0.717, 1.165) is 28.2 Å². The molecule has 3 rings (SSSR count). The van der Waals surface area contributed by atoms with Gasteiger partial charge >= 0.3 is 0 Å². The zero-order valence-corrected chi connectivity index (χ0v) is 14.3. The van der Waals surface area contributed by atoms with Gasteiger partial charge in [-0.05, 0) is 24.3 Å². The number of hydrogen-bond donors (Lipinski definition) is 1. The van der Waals surface area contributed by atoms with Crippen LogP contribution in [0, 0.1) is 0 Å². The number of benzene rings is 2. The van der Waals surface area contributed by atoms with Gasteiger partial charge < -0.3 is 14.8 Å². The molecule has 0 atom stereocenters. The van der Waals surface area contributed by atoms with Crippen molar-refractivity contribution in [2.45, 2.75) is 19.8 Å². The Morgan fingerprint density at radius 2 is 1.67 bits per heavy atom. The number of methoxy groups -OCH3 is 2. The predicted octanol–water partition coefficient (Wildman–Crippen LogP) is 4.51. The Kier molecular flexibility index (Phi) is 4.51. The summed E-state index contributed by atoms with van der Waals surface area (Å²) in [7, 11) is 3.25. The smallest absolute Gasteiger partial charge is 0.162 e. The van der Waals surface area contributed by atoms with E-state index >= 15 is 0 Å². The van der Waals surface area contributed by atoms with Crippen LogP contribution in [0.15, 0.2) is 42.5 Å². The minimum absolute atomic E-state index is 0.251. The fraction of sp³-hybridized carbons (Fsp3) is 0.263. The number of ether oxygens (including phenoxy) is 2. The molecule has 0 aliphatic carbocycles. The van der Waals surface area contributed by atoms with E-state index in [0.29, 0.717) is 11.5 Å². The second-order valence-electron chi connectivity index (χ2n) is 5.80. The SMILES string of the molecule is COc1ccc(Nc2nc(C(C)C)nc3ccccc23)cc1OC. The molecule has 1 N–H and O–H groups in total. The number of para-hydroxylation sites is 1. The molecule has 2 aromatic carbocycles. The highest BCUT2D eigenvalue weighted by molar-refractivity contribution is 5.90. The third kappa shape index (κ3) is 3.11. The highest BCUT2D eigenvalue weighted by Gasteiger charge is 2.11. The van der Waals surface area contributed by atoms with Crippen LogP contribution in [0.25, 0.3) is 10.9 Å². The van der Waals surface area contributed by atoms with E-state index in [2.05, 4.69) is 24.1 Å². The number of nitrogens with one attached hydrogen (secondary N) is 1. The molecule has 1 aromatic heterocycles. The molecule has 5 heteroatoms. The predicted molar refractivity (Wildman–Crippen MR) is 96.5 cm³/mol. The third-order valence-electron chi connectivity index (χ3n) is 3.78. The number of aromatic nitrogens is 2. The van der Waals surface area contributed by atoms with E-state index in [1.807, 2.05) is 42.5 Å². The van der Waals surface area contributed by atoms with Crippen molar-refractivity contribution in [1.82, 2.24) is 9.97 Å². The Bertz CT molecular complexity index is 862. The molecular weight excluding hydrogens is 302 g/mol. The summed E-state index contributed by atoms with van der Waals surface area (Å²) in [6.07, 6.45) is 0. The molecule has 0 bridgehead atoms. The van der Waals surface area contributed by atoms with Crippen molar-refractivity contribution in [3.05, 3.63) is 48.3 Å². The lowest BCUT2D eigenvalue weighted by Crippen LogP contribution is -2.03. The lowest BCUT2D eigenvalue weighted by Gasteiger charge is -2.14. The quantitative estimate of drug-likeness (QED) is 0.748. The van der Waals surface area contributed by atoms with Crippen molar-refractivity contribution in [3.8, 4) is 11.5 Å². The van der Waals surface area contributed by atoms with Crippen LogP contribution in [0.5, 0.6) is 11.5 Å². The molecule has 0 saturated carbocycles. The molecule has 0 spiro atoms. The van der Waals surface area contributed by atoms with Crippen LogP contribution >= 0.6 is 0 Å². The number of hydrogen-bond acceptors (Lipinski definition) is 5. The first kappa shape index (κ1) is 16.1. The van der Waals surface area contributed by atoms with E-state index in [1.54, 1.807) is 14.2 Å². The van der Waals surface area contributed by atoms with Gasteiger partial charge in [0.15, 0.2) is 11.5 Å². The second kappa shape index (κ2) is 6.74. The highest BCUT2D eigenvalue weighted by atomic mass is 16.5. The van der Waals surface area contributed by atoms with Gasteiger partial charge in [-0.3, -0.25) is 0 Å². The Morgan fingerprint density at radius 1 is 0.917 bits per heavy atom. The summed E-state index contributed by atoms with van der Waals surface area (Å²) in [6.45, 7) is 4.18. The van der Waals surface area contributed by atoms with Crippen LogP contribution in [0.2, 0.25) is 0 Å². The van der Waals surface area contributed by atoms with Gasteiger partial charge in [0.2, 0.25) is 0 Å². The summed E-state index contributed by atoms with van der Waals surface area (Å²) < 4.78 is 10.7. The maximum Gasteiger partial charge on any atom is 0.162 e. The molecule has 0 fully saturated rings. The minimum atomic E-state index is 0.251. The zero-order valence-electron chi connectivity index (χ0n) is 14.3. The lowest BCUT2D eigenvalue weighted by atomic mass is 10.1. The molecule has 0 saturated heterocycles. The minimum Gasteiger partial charge on any atom is -0.493 e. The first-order valence-corrected chi connectivity index (χ1v) is 7.88. The molecule has 0 radical (unpaired) electrons. The van der Waals surface area contributed by atoms with Gasteiger partial charge in [0.25, 0.3) is 0 Å². The van der Waals surface area contributed by atoms with Crippen molar-refractivity contribution in [2.75, 3.05) is 19.5 Å². The van der Waals surface area contributed by atoms with E-state index in [-0.39, 0.29) is 5.92 Å². The maximum atomic E-state index is 5.37. The summed E-state index contributed by atoms with van der Waals surface area (Å²) in [6, 6.07) is 13.7. The molecule has 0 amide bonds. The van der Waals surface area contributed by atoms with E-state index in [1.165, 1.54) is 0 Å². The standard InChI is InChI=1S/C19H21N3O2/c1-12(2)18-21-15-8-6-5-7-14(15)19(22-18)20-13-9-10-16(23-3)17(11-13)24-4/h5-12H,1-4H3,(H,20,21,22). The highest BCUT2D eigenvalue weighted by Crippen LogP contribution is 2.32. The third-order valence-corrected chi connectivity index (χ3v) is 3.78. The van der Waals surface area contributed by atoms with E-state index in [4.69, 9.17) is 14.5 Å². The van der Waals surface area contributed by atoms with E-state index in [9.17, 15) is 0 Å². The fourth-order valence-electron chi connectivity index (χ4n) is 2.50. The molecule has 3 aromatic rings. The van der Waals surface area contributed by atoms with Crippen molar-refractivity contribution < 1.29 is 9.47 Å². The first-order valence-electron chi connectivity index (χ1n) is 7.88. The number of nitrogens with zero attached hydrogens (tertiary/aromatic N) is 2. The summed E-state index contributed by atoms with van der Waals surface area (Å²) in [5.41, 5.74) is 1.81. The van der Waals surface area contributed by atoms with Gasteiger partial charge in [-0.2, -0.15) is 0 Å². The van der Waals surface area contributed by atoms with Crippen LogP contribution in [0.3, 0.4) is 0 Å². The Labute approximate surface area is 141 Å². The van der Waals surface area contributed by atoms with Crippen LogP contribution in [0.1, 0.15) is 25.6 Å². The van der Waals surface area contributed by atoms with Crippen molar-refractivity contribution in [1.29, 1.82) is 0 Å². The van der Waals surface area contributed by atoms with Gasteiger partial charge in [0, 0.05) is 23.1 Å². The van der Waals surface area contributed by atoms with Crippen molar-refractivity contribution in [3.63, 3.8) is 0 Å². The van der Waals surface area contributed by atoms with Gasteiger partial charge in [0.1, 0.15) is 11.6 Å². The van der Waals surface area contributed by atoms with Gasteiger partial charge in [-0.25, -0.2) is 9.97 Å². The average molecular weight is 323 g/mol. The lowest BCUT2D eigenvalue weighted by molar-refractivity contribution is 0.355. The first-order chi connectivity index (χ1) is 11.6. The Hall–Kier alpha value is -2.82. The van der Waals surface area contributed by atoms with Gasteiger partial charge in [0.05, 0.1) is 19.7 Å². The van der Waals surface area contributed by atoms with Crippen LogP contribution in [0.4, 0.5) is 11.5 Å². The summed E-state index contributed by atoms with van der Waals surface area (Å²) >= 11 is 0. The molecule has 0 aliphatic rings. The molecule has 1 heterocycles. The Morgan fingerprint density at radius 3 is 2.38 bits per heavy atom. The summed E-state index contributed by atoms with van der Waals surface area (Å²) in [5, 5.41) is 4.36. The largest absolute Gasteiger partial charge is 0.493 e. The van der Waals surface area contributed by atoms with Crippen LogP contribution in [-0.4, -0.2) is 24.2 Å². The second-order valence-corrected chi connectivity index (χ2v) is 5.80. The number of anilines is 2. The normalized spacial score (nSPS) is 10.9. The molecule has 0 unspecified atom stereocenters. The van der Waals surface area contributed by atoms with Crippen molar-refractivity contribution in [2.24, 2.45) is 0 Å². The van der Waals surface area contributed by atoms with E-state index < -0.39 is 0 Å². The molecule has 24 heavy (non-hydrogen) atoms. The van der Waals surface area contributed by atoms with Crippen LogP contribution < -0.4 is 14.8 Å². The van der Waals surface area contributed by atoms with Crippen molar-refractivity contribution >= 4 is 22.4 Å². The molecule has 0 aliphatic heterocycles. The van der Waals surface area contributed by atoms with Crippen LogP contribution in [-0.2, 0) is 0 Å².